The van der Waals surface area contributed by atoms with Crippen molar-refractivity contribution in [1.29, 1.82) is 0 Å². The summed E-state index contributed by atoms with van der Waals surface area (Å²) in [5.74, 6) is -2.39. The van der Waals surface area contributed by atoms with E-state index in [0.717, 1.165) is 24.9 Å². The zero-order chi connectivity index (χ0) is 21.9. The first kappa shape index (κ1) is 22.6. The number of nitrogens with one attached hydrogen (secondary N) is 2. The van der Waals surface area contributed by atoms with Gasteiger partial charge in [0.2, 0.25) is 0 Å². The molecule has 0 unspecified atom stereocenters. The minimum absolute atomic E-state index is 0.376. The van der Waals surface area contributed by atoms with Crippen LogP contribution in [0.1, 0.15) is 29.8 Å². The molecule has 2 amide bonds. The average molecular weight is 413 g/mol. The van der Waals surface area contributed by atoms with Gasteiger partial charge in [0, 0.05) is 30.4 Å². The van der Waals surface area contributed by atoms with Gasteiger partial charge >= 0.3 is 5.97 Å². The first-order chi connectivity index (χ1) is 14.4. The number of esters is 1. The molecule has 2 aromatic rings. The van der Waals surface area contributed by atoms with Crippen molar-refractivity contribution in [2.45, 2.75) is 13.8 Å². The van der Waals surface area contributed by atoms with Gasteiger partial charge in [-0.25, -0.2) is 9.18 Å². The first-order valence-corrected chi connectivity index (χ1v) is 9.47. The second-order valence-electron chi connectivity index (χ2n) is 6.22. The molecule has 0 aromatic heterocycles. The molecule has 0 saturated carbocycles. The van der Waals surface area contributed by atoms with E-state index in [1.54, 1.807) is 18.2 Å². The van der Waals surface area contributed by atoms with Gasteiger partial charge in [0.05, 0.1) is 0 Å². The van der Waals surface area contributed by atoms with Crippen molar-refractivity contribution in [2.24, 2.45) is 0 Å². The van der Waals surface area contributed by atoms with Gasteiger partial charge in [0.25, 0.3) is 11.8 Å². The summed E-state index contributed by atoms with van der Waals surface area (Å²) in [4.78, 5) is 37.6. The maximum Gasteiger partial charge on any atom is 0.331 e. The minimum atomic E-state index is -0.771. The lowest BCUT2D eigenvalue weighted by atomic mass is 10.2. The third kappa shape index (κ3) is 7.05. The summed E-state index contributed by atoms with van der Waals surface area (Å²) in [6, 6.07) is 12.6. The minimum Gasteiger partial charge on any atom is -0.452 e. The highest BCUT2D eigenvalue weighted by molar-refractivity contribution is 5.96. The van der Waals surface area contributed by atoms with Crippen LogP contribution in [0.4, 0.5) is 10.1 Å². The van der Waals surface area contributed by atoms with Crippen LogP contribution in [0.25, 0.3) is 6.08 Å². The topological polar surface area (TPSA) is 87.7 Å². The van der Waals surface area contributed by atoms with Crippen LogP contribution in [-0.4, -0.2) is 37.5 Å². The van der Waals surface area contributed by atoms with Gasteiger partial charge in [-0.1, -0.05) is 12.1 Å². The van der Waals surface area contributed by atoms with Crippen LogP contribution in [0.15, 0.2) is 54.6 Å². The standard InChI is InChI=1S/C22H24FN3O4/c1-3-26(4-2)19-11-9-17(10-12-19)22(29)25-24-20(27)15-30-21(28)13-8-16-6-5-7-18(23)14-16/h5-14H,3-4,15H2,1-2H3,(H,24,27)(H,25,29)/b13-8+. The summed E-state index contributed by atoms with van der Waals surface area (Å²) in [6.07, 6.45) is 2.45. The number of carbonyl (C=O) groups is 3. The second-order valence-corrected chi connectivity index (χ2v) is 6.22. The molecule has 0 atom stereocenters. The zero-order valence-corrected chi connectivity index (χ0v) is 16.9. The average Bonchev–Trinajstić information content (AvgIpc) is 2.76. The number of hydrogen-bond donors (Lipinski definition) is 2. The van der Waals surface area contributed by atoms with Crippen molar-refractivity contribution in [1.82, 2.24) is 10.9 Å². The maximum absolute atomic E-state index is 13.1. The summed E-state index contributed by atoms with van der Waals surface area (Å²) in [5, 5.41) is 0. The van der Waals surface area contributed by atoms with Crippen LogP contribution >= 0.6 is 0 Å². The van der Waals surface area contributed by atoms with Crippen LogP contribution in [-0.2, 0) is 14.3 Å². The molecule has 0 bridgehead atoms. The molecule has 0 fully saturated rings. The number of hydrogen-bond acceptors (Lipinski definition) is 5. The molecule has 30 heavy (non-hydrogen) atoms. The van der Waals surface area contributed by atoms with E-state index in [1.165, 1.54) is 24.3 Å². The normalized spacial score (nSPS) is 10.5. The molecule has 7 nitrogen and oxygen atoms in total. The molecule has 2 aromatic carbocycles. The fourth-order valence-corrected chi connectivity index (χ4v) is 2.61. The Morgan fingerprint density at radius 1 is 1.03 bits per heavy atom. The van der Waals surface area contributed by atoms with E-state index in [1.807, 2.05) is 26.0 Å². The maximum atomic E-state index is 13.1. The van der Waals surface area contributed by atoms with Gasteiger partial charge in [0.1, 0.15) is 5.82 Å². The number of halogens is 1. The third-order valence-corrected chi connectivity index (χ3v) is 4.18. The van der Waals surface area contributed by atoms with Gasteiger partial charge in [-0.3, -0.25) is 20.4 Å². The molecular formula is C22H24FN3O4. The molecule has 8 heteroatoms. The van der Waals surface area contributed by atoms with Crippen molar-refractivity contribution in [3.8, 4) is 0 Å². The monoisotopic (exact) mass is 413 g/mol. The number of hydrazine groups is 1. The lowest BCUT2D eigenvalue weighted by Crippen LogP contribution is -2.43. The summed E-state index contributed by atoms with van der Waals surface area (Å²) < 4.78 is 17.8. The Bertz CT molecular complexity index is 909. The van der Waals surface area contributed by atoms with E-state index < -0.39 is 30.2 Å². The quantitative estimate of drug-likeness (QED) is 0.395. The Morgan fingerprint density at radius 2 is 1.73 bits per heavy atom. The van der Waals surface area contributed by atoms with Crippen molar-refractivity contribution >= 4 is 29.5 Å². The Hall–Kier alpha value is -3.68. The molecule has 2 N–H and O–H groups in total. The third-order valence-electron chi connectivity index (χ3n) is 4.18. The summed E-state index contributed by atoms with van der Waals surface area (Å²) in [7, 11) is 0. The van der Waals surface area contributed by atoms with Gasteiger partial charge in [0.15, 0.2) is 6.61 Å². The van der Waals surface area contributed by atoms with Crippen molar-refractivity contribution in [2.75, 3.05) is 24.6 Å². The number of anilines is 1. The molecule has 0 aliphatic heterocycles. The van der Waals surface area contributed by atoms with Crippen LogP contribution in [0.2, 0.25) is 0 Å². The Balaban J connectivity index is 1.76. The molecule has 158 valence electrons. The Morgan fingerprint density at radius 3 is 2.37 bits per heavy atom. The highest BCUT2D eigenvalue weighted by Gasteiger charge is 2.10. The lowest BCUT2D eigenvalue weighted by molar-refractivity contribution is -0.144. The molecule has 0 saturated heterocycles. The fraction of sp³-hybridized carbons (Fsp3) is 0.227. The molecule has 0 aliphatic carbocycles. The van der Waals surface area contributed by atoms with Gasteiger partial charge < -0.3 is 9.64 Å². The van der Waals surface area contributed by atoms with Crippen LogP contribution in [0, 0.1) is 5.82 Å². The van der Waals surface area contributed by atoms with Crippen LogP contribution < -0.4 is 15.8 Å². The zero-order valence-electron chi connectivity index (χ0n) is 16.9. The highest BCUT2D eigenvalue weighted by Crippen LogP contribution is 2.14. The molecule has 0 heterocycles. The number of rotatable bonds is 8. The predicted octanol–water partition coefficient (Wildman–Crippen LogP) is 2.69. The van der Waals surface area contributed by atoms with Gasteiger partial charge in [-0.05, 0) is 61.9 Å². The van der Waals surface area contributed by atoms with Crippen LogP contribution in [0.5, 0.6) is 0 Å². The largest absolute Gasteiger partial charge is 0.452 e. The van der Waals surface area contributed by atoms with E-state index >= 15 is 0 Å². The smallest absolute Gasteiger partial charge is 0.331 e. The highest BCUT2D eigenvalue weighted by atomic mass is 19.1. The second kappa shape index (κ2) is 11.4. The predicted molar refractivity (Wildman–Crippen MR) is 112 cm³/mol. The fourth-order valence-electron chi connectivity index (χ4n) is 2.61. The van der Waals surface area contributed by atoms with Crippen molar-refractivity contribution in [3.05, 3.63) is 71.6 Å². The number of carbonyl (C=O) groups excluding carboxylic acids is 3. The number of amides is 2. The van der Waals surface area contributed by atoms with Gasteiger partial charge in [-0.2, -0.15) is 0 Å². The SMILES string of the molecule is CCN(CC)c1ccc(C(=O)NNC(=O)COC(=O)/C=C/c2cccc(F)c2)cc1. The number of benzene rings is 2. The van der Waals surface area contributed by atoms with Gasteiger partial charge in [-0.15, -0.1) is 0 Å². The molecule has 2 rings (SSSR count). The number of ether oxygens (including phenoxy) is 1. The van der Waals surface area contributed by atoms with Crippen molar-refractivity contribution in [3.63, 3.8) is 0 Å². The summed E-state index contributed by atoms with van der Waals surface area (Å²) >= 11 is 0. The van der Waals surface area contributed by atoms with E-state index in [-0.39, 0.29) is 0 Å². The summed E-state index contributed by atoms with van der Waals surface area (Å²) in [6.45, 7) is 5.23. The number of nitrogens with zero attached hydrogens (tertiary/aromatic N) is 1. The van der Waals surface area contributed by atoms with E-state index in [9.17, 15) is 18.8 Å². The van der Waals surface area contributed by atoms with E-state index in [4.69, 9.17) is 4.74 Å². The lowest BCUT2D eigenvalue weighted by Gasteiger charge is -2.21. The van der Waals surface area contributed by atoms with E-state index in [2.05, 4.69) is 15.8 Å². The summed E-state index contributed by atoms with van der Waals surface area (Å²) in [5.41, 5.74) is 6.29. The molecule has 0 radical (unpaired) electrons. The van der Waals surface area contributed by atoms with Crippen molar-refractivity contribution < 1.29 is 23.5 Å². The molecule has 0 aliphatic rings. The molecular weight excluding hydrogens is 389 g/mol. The Labute approximate surface area is 174 Å². The first-order valence-electron chi connectivity index (χ1n) is 9.47. The Kier molecular flexibility index (Phi) is 8.56. The van der Waals surface area contributed by atoms with E-state index in [0.29, 0.717) is 11.1 Å². The van der Waals surface area contributed by atoms with Crippen LogP contribution in [0.3, 0.4) is 0 Å². The molecule has 0 spiro atoms.